The van der Waals surface area contributed by atoms with Crippen molar-refractivity contribution in [3.8, 4) is 5.75 Å². The molecule has 1 aromatic heterocycles. The summed E-state index contributed by atoms with van der Waals surface area (Å²) >= 11 is 1.69. The molecule has 0 aliphatic carbocycles. The number of fused-ring (bicyclic) bond motifs is 1. The summed E-state index contributed by atoms with van der Waals surface area (Å²) in [6.07, 6.45) is 4.32. The maximum atomic E-state index is 12.9. The van der Waals surface area contributed by atoms with Gasteiger partial charge in [0.1, 0.15) is 5.75 Å². The van der Waals surface area contributed by atoms with Crippen LogP contribution < -0.4 is 4.74 Å². The molecule has 1 fully saturated rings. The second-order valence-electron chi connectivity index (χ2n) is 6.85. The van der Waals surface area contributed by atoms with E-state index in [4.69, 9.17) is 4.74 Å². The first-order chi connectivity index (χ1) is 11.6. The Hall–Kier alpha value is -1.88. The van der Waals surface area contributed by atoms with Gasteiger partial charge in [0.25, 0.3) is 5.91 Å². The van der Waals surface area contributed by atoms with Crippen molar-refractivity contribution in [2.24, 2.45) is 0 Å². The Kier molecular flexibility index (Phi) is 4.04. The first-order valence-electron chi connectivity index (χ1n) is 8.57. The first-order valence-corrected chi connectivity index (χ1v) is 9.44. The summed E-state index contributed by atoms with van der Waals surface area (Å²) in [5, 5.41) is 3.16. The van der Waals surface area contributed by atoms with Gasteiger partial charge in [0, 0.05) is 37.0 Å². The molecule has 4 nitrogen and oxygen atoms in total. The third kappa shape index (κ3) is 2.81. The summed E-state index contributed by atoms with van der Waals surface area (Å²) in [6.45, 7) is 5.78. The largest absolute Gasteiger partial charge is 0.480 e. The van der Waals surface area contributed by atoms with Gasteiger partial charge in [0.15, 0.2) is 6.10 Å². The Labute approximate surface area is 146 Å². The van der Waals surface area contributed by atoms with E-state index < -0.39 is 0 Å². The molecule has 3 heterocycles. The third-order valence-corrected chi connectivity index (χ3v) is 6.10. The Morgan fingerprint density at radius 3 is 2.96 bits per heavy atom. The lowest BCUT2D eigenvalue weighted by atomic mass is 9.97. The van der Waals surface area contributed by atoms with Crippen LogP contribution in [0.1, 0.15) is 40.5 Å². The molecule has 4 rings (SSSR count). The number of hydrogen-bond donors (Lipinski definition) is 0. The van der Waals surface area contributed by atoms with Crippen LogP contribution in [0.15, 0.2) is 23.7 Å². The van der Waals surface area contributed by atoms with E-state index in [9.17, 15) is 4.79 Å². The highest BCUT2D eigenvalue weighted by atomic mass is 32.1. The monoisotopic (exact) mass is 342 g/mol. The standard InChI is InChI=1S/C19H22N2O2S/c1-12-8-15-10-17(23-16(15)9-13(12)2)19(22)21-6-3-4-14(11-21)18-20-5-7-24-18/h5,7-9,14,17H,3-4,6,10-11H2,1-2H3/t14-,17+/m1/s1. The number of nitrogens with zero attached hydrogens (tertiary/aromatic N) is 2. The lowest BCUT2D eigenvalue weighted by molar-refractivity contribution is -0.139. The van der Waals surface area contributed by atoms with Gasteiger partial charge in [-0.3, -0.25) is 4.79 Å². The zero-order valence-electron chi connectivity index (χ0n) is 14.1. The fourth-order valence-electron chi connectivity index (χ4n) is 3.67. The molecule has 2 atom stereocenters. The Balaban J connectivity index is 1.46. The molecule has 0 N–H and O–H groups in total. The number of likely N-dealkylation sites (tertiary alicyclic amines) is 1. The van der Waals surface area contributed by atoms with Crippen LogP contribution in [0.5, 0.6) is 5.75 Å². The van der Waals surface area contributed by atoms with Gasteiger partial charge < -0.3 is 9.64 Å². The van der Waals surface area contributed by atoms with E-state index >= 15 is 0 Å². The molecule has 0 saturated carbocycles. The van der Waals surface area contributed by atoms with E-state index in [2.05, 4.69) is 31.0 Å². The molecule has 0 radical (unpaired) electrons. The minimum Gasteiger partial charge on any atom is -0.480 e. The normalized spacial score (nSPS) is 23.0. The summed E-state index contributed by atoms with van der Waals surface area (Å²) in [6, 6.07) is 4.22. The van der Waals surface area contributed by atoms with Gasteiger partial charge in [0.2, 0.25) is 0 Å². The molecule has 24 heavy (non-hydrogen) atoms. The summed E-state index contributed by atoms with van der Waals surface area (Å²) < 4.78 is 5.98. The molecule has 2 aliphatic heterocycles. The van der Waals surface area contributed by atoms with Crippen LogP contribution in [0.25, 0.3) is 0 Å². The second kappa shape index (κ2) is 6.20. The SMILES string of the molecule is Cc1cc2c(cc1C)O[C@H](C(=O)N1CCC[C@@H](c3nccs3)C1)C2. The number of aryl methyl sites for hydroxylation is 2. The van der Waals surface area contributed by atoms with Crippen LogP contribution in [-0.4, -0.2) is 35.0 Å². The lowest BCUT2D eigenvalue weighted by Crippen LogP contribution is -2.45. The molecule has 126 valence electrons. The van der Waals surface area contributed by atoms with Crippen LogP contribution in [0, 0.1) is 13.8 Å². The topological polar surface area (TPSA) is 42.4 Å². The van der Waals surface area contributed by atoms with E-state index in [0.29, 0.717) is 12.3 Å². The quantitative estimate of drug-likeness (QED) is 0.839. The molecule has 1 aromatic carbocycles. The van der Waals surface area contributed by atoms with Crippen molar-refractivity contribution in [3.05, 3.63) is 45.4 Å². The molecule has 0 bridgehead atoms. The first kappa shape index (κ1) is 15.6. The average molecular weight is 342 g/mol. The van der Waals surface area contributed by atoms with Crippen LogP contribution in [0.2, 0.25) is 0 Å². The van der Waals surface area contributed by atoms with Gasteiger partial charge in [-0.1, -0.05) is 6.07 Å². The zero-order valence-corrected chi connectivity index (χ0v) is 14.9. The maximum Gasteiger partial charge on any atom is 0.264 e. The fourth-order valence-corrected chi connectivity index (χ4v) is 4.44. The molecule has 0 unspecified atom stereocenters. The highest BCUT2D eigenvalue weighted by Gasteiger charge is 2.35. The van der Waals surface area contributed by atoms with Crippen LogP contribution in [0.3, 0.4) is 0 Å². The number of rotatable bonds is 2. The molecule has 5 heteroatoms. The number of aromatic nitrogens is 1. The lowest BCUT2D eigenvalue weighted by Gasteiger charge is -2.33. The summed E-state index contributed by atoms with van der Waals surface area (Å²) in [5.41, 5.74) is 3.63. The Bertz CT molecular complexity index is 726. The van der Waals surface area contributed by atoms with Crippen molar-refractivity contribution in [2.75, 3.05) is 13.1 Å². The fraction of sp³-hybridized carbons (Fsp3) is 0.474. The van der Waals surface area contributed by atoms with E-state index in [-0.39, 0.29) is 12.0 Å². The number of carbonyl (C=O) groups is 1. The Morgan fingerprint density at radius 2 is 2.17 bits per heavy atom. The molecule has 1 saturated heterocycles. The summed E-state index contributed by atoms with van der Waals surface area (Å²) in [4.78, 5) is 19.3. The van der Waals surface area contributed by atoms with Gasteiger partial charge in [-0.15, -0.1) is 11.3 Å². The number of amides is 1. The molecule has 1 amide bonds. The third-order valence-electron chi connectivity index (χ3n) is 5.16. The minimum absolute atomic E-state index is 0.128. The van der Waals surface area contributed by atoms with E-state index in [1.165, 1.54) is 11.1 Å². The van der Waals surface area contributed by atoms with E-state index in [1.54, 1.807) is 11.3 Å². The predicted octanol–water partition coefficient (Wildman–Crippen LogP) is 3.47. The van der Waals surface area contributed by atoms with Crippen molar-refractivity contribution in [3.63, 3.8) is 0 Å². The number of hydrogen-bond acceptors (Lipinski definition) is 4. The number of benzene rings is 1. The van der Waals surface area contributed by atoms with E-state index in [1.807, 2.05) is 16.5 Å². The van der Waals surface area contributed by atoms with Crippen molar-refractivity contribution in [2.45, 2.75) is 45.1 Å². The average Bonchev–Trinajstić information content (AvgIpc) is 3.24. The number of thiazole rings is 1. The molecule has 2 aliphatic rings. The van der Waals surface area contributed by atoms with Crippen molar-refractivity contribution >= 4 is 17.2 Å². The van der Waals surface area contributed by atoms with Crippen LogP contribution in [-0.2, 0) is 11.2 Å². The van der Waals surface area contributed by atoms with Crippen LogP contribution >= 0.6 is 11.3 Å². The van der Waals surface area contributed by atoms with Gasteiger partial charge >= 0.3 is 0 Å². The highest BCUT2D eigenvalue weighted by Crippen LogP contribution is 2.34. The minimum atomic E-state index is -0.365. The van der Waals surface area contributed by atoms with Crippen molar-refractivity contribution < 1.29 is 9.53 Å². The smallest absolute Gasteiger partial charge is 0.264 e. The Morgan fingerprint density at radius 1 is 1.33 bits per heavy atom. The molecule has 0 spiro atoms. The van der Waals surface area contributed by atoms with Gasteiger partial charge in [-0.2, -0.15) is 0 Å². The molecule has 2 aromatic rings. The number of ether oxygens (including phenoxy) is 1. The van der Waals surface area contributed by atoms with Gasteiger partial charge in [0.05, 0.1) is 5.01 Å². The predicted molar refractivity (Wildman–Crippen MR) is 94.7 cm³/mol. The second-order valence-corrected chi connectivity index (χ2v) is 7.77. The zero-order chi connectivity index (χ0) is 16.7. The number of piperidine rings is 1. The van der Waals surface area contributed by atoms with Gasteiger partial charge in [-0.25, -0.2) is 4.98 Å². The van der Waals surface area contributed by atoms with Crippen LogP contribution in [0.4, 0.5) is 0 Å². The summed E-state index contributed by atoms with van der Waals surface area (Å²) in [7, 11) is 0. The van der Waals surface area contributed by atoms with Gasteiger partial charge in [-0.05, 0) is 49.4 Å². The summed E-state index contributed by atoms with van der Waals surface area (Å²) in [5.74, 6) is 1.38. The van der Waals surface area contributed by atoms with Crippen molar-refractivity contribution in [1.29, 1.82) is 0 Å². The van der Waals surface area contributed by atoms with E-state index in [0.717, 1.165) is 42.3 Å². The maximum absolute atomic E-state index is 12.9. The number of carbonyl (C=O) groups excluding carboxylic acids is 1. The molecular formula is C19H22N2O2S. The highest BCUT2D eigenvalue weighted by molar-refractivity contribution is 7.09. The molecular weight excluding hydrogens is 320 g/mol. The van der Waals surface area contributed by atoms with Crippen molar-refractivity contribution in [1.82, 2.24) is 9.88 Å².